The molecule has 3 unspecified atom stereocenters. The maximum absolute atomic E-state index is 13.2. The summed E-state index contributed by atoms with van der Waals surface area (Å²) in [6.45, 7) is 3.53. The Kier molecular flexibility index (Phi) is 6.40. The summed E-state index contributed by atoms with van der Waals surface area (Å²) in [6, 6.07) is 7.99. The molecule has 0 aliphatic carbocycles. The van der Waals surface area contributed by atoms with E-state index in [2.05, 4.69) is 16.7 Å². The molecular weight excluding hydrogens is 422 g/mol. The number of likely N-dealkylation sites (tertiary alicyclic amines) is 3. The topological polar surface area (TPSA) is 166 Å². The standard InChI is InChI=1S/C22H29N9O2/c1-13(14-4-6-15(7-5-14)20(25)27-28-26)31-17-9-19(22(31)33)29(11-17)12-18(24)21(32)30-8-2-3-16(30)10-23/h4-7,13,16-19H,2-3,8-9,11-12,24H2,1H3,(H3,25,26,27)/t13-,16?,17-,18?,19?/m0/s1. The van der Waals surface area contributed by atoms with Gasteiger partial charge in [-0.05, 0) is 31.7 Å². The number of carbonyl (C=O) groups excluding carboxylic acids is 2. The first-order chi connectivity index (χ1) is 15.8. The quantitative estimate of drug-likeness (QED) is 0.206. The maximum Gasteiger partial charge on any atom is 0.241 e. The molecule has 0 aromatic heterocycles. The lowest BCUT2D eigenvalue weighted by atomic mass is 10.0. The van der Waals surface area contributed by atoms with Crippen LogP contribution in [0, 0.1) is 22.3 Å². The number of fused-ring (bicyclic) bond motifs is 2. The van der Waals surface area contributed by atoms with Gasteiger partial charge in [-0.2, -0.15) is 10.8 Å². The summed E-state index contributed by atoms with van der Waals surface area (Å²) in [7, 11) is 0. The summed E-state index contributed by atoms with van der Waals surface area (Å²) in [5, 5.41) is 20.1. The number of hydrogen-bond donors (Lipinski definition) is 4. The van der Waals surface area contributed by atoms with Crippen molar-refractivity contribution in [2.45, 2.75) is 56.4 Å². The van der Waals surface area contributed by atoms with Crippen molar-refractivity contribution in [2.75, 3.05) is 19.6 Å². The molecule has 2 amide bonds. The van der Waals surface area contributed by atoms with Gasteiger partial charge in [0.1, 0.15) is 11.9 Å². The van der Waals surface area contributed by atoms with Crippen molar-refractivity contribution in [2.24, 2.45) is 11.0 Å². The largest absolute Gasteiger partial charge is 0.330 e. The highest BCUT2D eigenvalue weighted by Gasteiger charge is 2.51. The summed E-state index contributed by atoms with van der Waals surface area (Å²) in [4.78, 5) is 31.4. The van der Waals surface area contributed by atoms with Gasteiger partial charge in [-0.15, -0.1) is 0 Å². The number of rotatable bonds is 7. The molecule has 11 nitrogen and oxygen atoms in total. The molecule has 3 aliphatic heterocycles. The third kappa shape index (κ3) is 4.19. The molecule has 0 spiro atoms. The first-order valence-corrected chi connectivity index (χ1v) is 11.2. The second-order valence-corrected chi connectivity index (χ2v) is 8.93. The van der Waals surface area contributed by atoms with Gasteiger partial charge in [-0.1, -0.05) is 29.5 Å². The Morgan fingerprint density at radius 3 is 2.76 bits per heavy atom. The van der Waals surface area contributed by atoms with Crippen molar-refractivity contribution in [3.63, 3.8) is 0 Å². The molecule has 1 aromatic carbocycles. The van der Waals surface area contributed by atoms with E-state index in [-0.39, 0.29) is 35.8 Å². The van der Waals surface area contributed by atoms with E-state index in [9.17, 15) is 14.9 Å². The molecule has 1 aromatic rings. The number of carbonyl (C=O) groups is 2. The Hall–Kier alpha value is -3.36. The van der Waals surface area contributed by atoms with Gasteiger partial charge in [0.2, 0.25) is 11.8 Å². The van der Waals surface area contributed by atoms with Crippen molar-refractivity contribution in [1.29, 1.82) is 16.2 Å². The fourth-order valence-corrected chi connectivity index (χ4v) is 5.32. The minimum atomic E-state index is -0.746. The van der Waals surface area contributed by atoms with Crippen LogP contribution >= 0.6 is 0 Å². The Balaban J connectivity index is 1.37. The first kappa shape index (κ1) is 22.8. The molecule has 3 heterocycles. The van der Waals surface area contributed by atoms with Crippen LogP contribution in [0.25, 0.3) is 0 Å². The molecule has 4 rings (SSSR count). The molecule has 2 bridgehead atoms. The van der Waals surface area contributed by atoms with Gasteiger partial charge in [-0.3, -0.25) is 19.9 Å². The van der Waals surface area contributed by atoms with Crippen molar-refractivity contribution < 1.29 is 9.59 Å². The van der Waals surface area contributed by atoms with Gasteiger partial charge in [0, 0.05) is 31.2 Å². The number of nitriles is 1. The van der Waals surface area contributed by atoms with E-state index in [1.807, 2.05) is 28.9 Å². The van der Waals surface area contributed by atoms with Crippen LogP contribution < -0.4 is 11.2 Å². The van der Waals surface area contributed by atoms with E-state index in [1.165, 1.54) is 0 Å². The van der Waals surface area contributed by atoms with Crippen molar-refractivity contribution >= 4 is 17.6 Å². The molecule has 33 heavy (non-hydrogen) atoms. The monoisotopic (exact) mass is 451 g/mol. The maximum atomic E-state index is 13.2. The zero-order chi connectivity index (χ0) is 23.7. The van der Waals surface area contributed by atoms with E-state index in [0.29, 0.717) is 38.0 Å². The van der Waals surface area contributed by atoms with Gasteiger partial charge in [0.15, 0.2) is 0 Å². The molecule has 3 saturated heterocycles. The fraction of sp³-hybridized carbons (Fsp3) is 0.545. The smallest absolute Gasteiger partial charge is 0.241 e. The molecule has 5 atom stereocenters. The minimum absolute atomic E-state index is 0.0389. The van der Waals surface area contributed by atoms with Crippen LogP contribution in [0.4, 0.5) is 0 Å². The van der Waals surface area contributed by atoms with Crippen molar-refractivity contribution in [3.05, 3.63) is 35.4 Å². The van der Waals surface area contributed by atoms with Gasteiger partial charge >= 0.3 is 0 Å². The van der Waals surface area contributed by atoms with Gasteiger partial charge in [0.05, 0.1) is 24.2 Å². The lowest BCUT2D eigenvalue weighted by molar-refractivity contribution is -0.140. The Bertz CT molecular complexity index is 989. The second-order valence-electron chi connectivity index (χ2n) is 8.93. The summed E-state index contributed by atoms with van der Waals surface area (Å²) in [5.74, 6) is -0.129. The van der Waals surface area contributed by atoms with E-state index in [0.717, 1.165) is 12.0 Å². The Labute approximate surface area is 192 Å². The number of nitrogens with two attached hydrogens (primary N) is 1. The normalized spacial score (nSPS) is 26.2. The third-order valence-corrected chi connectivity index (χ3v) is 7.01. The van der Waals surface area contributed by atoms with Gasteiger partial charge < -0.3 is 15.5 Å². The predicted molar refractivity (Wildman–Crippen MR) is 119 cm³/mol. The summed E-state index contributed by atoms with van der Waals surface area (Å²) in [5.41, 5.74) is 16.9. The second kappa shape index (κ2) is 9.25. The number of benzene rings is 1. The van der Waals surface area contributed by atoms with Crippen LogP contribution in [-0.2, 0) is 9.59 Å². The van der Waals surface area contributed by atoms with Gasteiger partial charge in [-0.25, -0.2) is 5.43 Å². The van der Waals surface area contributed by atoms with Crippen LogP contribution in [-0.4, -0.2) is 76.2 Å². The van der Waals surface area contributed by atoms with E-state index < -0.39 is 12.1 Å². The van der Waals surface area contributed by atoms with Crippen LogP contribution in [0.3, 0.4) is 0 Å². The number of amides is 2. The van der Waals surface area contributed by atoms with E-state index in [1.54, 1.807) is 17.0 Å². The average molecular weight is 452 g/mol. The van der Waals surface area contributed by atoms with E-state index in [4.69, 9.17) is 16.7 Å². The minimum Gasteiger partial charge on any atom is -0.330 e. The summed E-state index contributed by atoms with van der Waals surface area (Å²) < 4.78 is 0. The molecule has 5 N–H and O–H groups in total. The molecule has 3 aliphatic rings. The third-order valence-electron chi connectivity index (χ3n) is 7.01. The predicted octanol–water partition coefficient (Wildman–Crippen LogP) is 0.736. The molecule has 0 radical (unpaired) electrons. The Morgan fingerprint density at radius 1 is 1.39 bits per heavy atom. The first-order valence-electron chi connectivity index (χ1n) is 11.2. The Morgan fingerprint density at radius 2 is 2.12 bits per heavy atom. The molecule has 0 saturated carbocycles. The highest BCUT2D eigenvalue weighted by atomic mass is 16.2. The number of amidine groups is 1. The summed E-state index contributed by atoms with van der Waals surface area (Å²) in [6.07, 6.45) is 2.22. The molecule has 3 fully saturated rings. The summed E-state index contributed by atoms with van der Waals surface area (Å²) >= 11 is 0. The van der Waals surface area contributed by atoms with Crippen LogP contribution in [0.1, 0.15) is 43.4 Å². The average Bonchev–Trinajstić information content (AvgIpc) is 3.53. The highest BCUT2D eigenvalue weighted by Crippen LogP contribution is 2.38. The van der Waals surface area contributed by atoms with Crippen LogP contribution in [0.5, 0.6) is 0 Å². The number of nitrogens with one attached hydrogen (secondary N) is 3. The molecule has 11 heteroatoms. The number of nitrogens with zero attached hydrogens (tertiary/aromatic N) is 5. The number of hydrogen-bond acceptors (Lipinski definition) is 8. The zero-order valence-electron chi connectivity index (χ0n) is 18.6. The number of piperazine rings is 1. The van der Waals surface area contributed by atoms with Crippen LogP contribution in [0.2, 0.25) is 0 Å². The van der Waals surface area contributed by atoms with E-state index >= 15 is 0 Å². The highest BCUT2D eigenvalue weighted by molar-refractivity contribution is 5.96. The van der Waals surface area contributed by atoms with Crippen molar-refractivity contribution in [3.8, 4) is 6.07 Å². The molecular formula is C22H29N9O2. The lowest BCUT2D eigenvalue weighted by Crippen LogP contribution is -2.56. The lowest BCUT2D eigenvalue weighted by Gasteiger charge is -2.38. The fourth-order valence-electron chi connectivity index (χ4n) is 5.32. The SMILES string of the molecule is C[C@@H](c1ccc(C(=N)NN=N)cc1)N1C(=O)C2C[C@H]1CN2CC(N)C(=O)N1CCCC1C#N. The van der Waals surface area contributed by atoms with Gasteiger partial charge in [0.25, 0.3) is 0 Å². The van der Waals surface area contributed by atoms with Crippen molar-refractivity contribution in [1.82, 2.24) is 20.1 Å². The molecule has 174 valence electrons. The van der Waals surface area contributed by atoms with Crippen LogP contribution in [0.15, 0.2) is 29.5 Å². The zero-order valence-corrected chi connectivity index (χ0v) is 18.6.